The SMILES string of the molecule is CC(C)c1cc(CNCCC(F)(F)F)c(O)c2c1C[C@H]1C[C@H]3C(N(C)C)C(=O)C(C(N)=O)=C(O)[C@@]3(O)C(=O)C1=C2O. The highest BCUT2D eigenvalue weighted by atomic mass is 19.4. The summed E-state index contributed by atoms with van der Waals surface area (Å²) < 4.78 is 37.8. The lowest BCUT2D eigenvalue weighted by Gasteiger charge is -2.50. The Bertz CT molecular complexity index is 1380. The Kier molecular flexibility index (Phi) is 7.78. The van der Waals surface area contributed by atoms with E-state index in [9.17, 15) is 48.0 Å². The fourth-order valence-corrected chi connectivity index (χ4v) is 6.50. The molecule has 0 heterocycles. The van der Waals surface area contributed by atoms with Gasteiger partial charge in [0.15, 0.2) is 11.4 Å². The lowest BCUT2D eigenvalue weighted by atomic mass is 9.57. The smallest absolute Gasteiger partial charge is 0.390 e. The number of hydrogen-bond donors (Lipinski definition) is 6. The van der Waals surface area contributed by atoms with Crippen LogP contribution in [0.15, 0.2) is 23.0 Å². The van der Waals surface area contributed by atoms with Gasteiger partial charge in [-0.05, 0) is 49.9 Å². The number of ketones is 2. The Morgan fingerprint density at radius 2 is 1.85 bits per heavy atom. The Labute approximate surface area is 234 Å². The zero-order valence-electron chi connectivity index (χ0n) is 23.1. The molecule has 13 heteroatoms. The Morgan fingerprint density at radius 3 is 2.39 bits per heavy atom. The van der Waals surface area contributed by atoms with Crippen LogP contribution in [0, 0.1) is 11.8 Å². The first kappa shape index (κ1) is 30.5. The van der Waals surface area contributed by atoms with E-state index in [2.05, 4.69) is 5.32 Å². The number of carbonyl (C=O) groups is 3. The van der Waals surface area contributed by atoms with E-state index in [4.69, 9.17) is 5.73 Å². The van der Waals surface area contributed by atoms with Crippen molar-refractivity contribution in [3.05, 3.63) is 45.2 Å². The molecule has 41 heavy (non-hydrogen) atoms. The number of aliphatic hydroxyl groups is 3. The number of Topliss-reactive ketones (excluding diaryl/α,β-unsaturated/α-hetero) is 2. The summed E-state index contributed by atoms with van der Waals surface area (Å²) in [4.78, 5) is 40.7. The van der Waals surface area contributed by atoms with Gasteiger partial charge in [-0.2, -0.15) is 13.2 Å². The van der Waals surface area contributed by atoms with E-state index in [0.29, 0.717) is 11.1 Å². The number of alkyl halides is 3. The number of halogens is 3. The number of nitrogens with one attached hydrogen (secondary N) is 1. The minimum absolute atomic E-state index is 0.0369. The lowest BCUT2D eigenvalue weighted by Crippen LogP contribution is -2.65. The van der Waals surface area contributed by atoms with Crippen molar-refractivity contribution in [1.29, 1.82) is 0 Å². The third kappa shape index (κ3) is 4.89. The number of aliphatic hydroxyl groups excluding tert-OH is 2. The van der Waals surface area contributed by atoms with Crippen LogP contribution in [0.3, 0.4) is 0 Å². The molecule has 7 N–H and O–H groups in total. The Morgan fingerprint density at radius 1 is 1.22 bits per heavy atom. The minimum atomic E-state index is -4.37. The molecular formula is C28H34F3N3O7. The highest BCUT2D eigenvalue weighted by Crippen LogP contribution is 2.53. The standard InChI is InChI=1S/C28H34F3N3O7/c1-11(2)14-8-13(10-33-6-5-27(29,30)31)21(35)18-15(14)7-12-9-16-20(34(3)4)23(37)19(26(32)40)25(39)28(16,41)24(38)17(12)22(18)36/h8,11-12,16,20,33,35-36,39,41H,5-7,9-10H2,1-4H3,(H2,32,40)/t12-,16-,20?,28-/m0/s1. The highest BCUT2D eigenvalue weighted by molar-refractivity contribution is 6.24. The third-order valence-corrected chi connectivity index (χ3v) is 8.36. The van der Waals surface area contributed by atoms with E-state index in [1.54, 1.807) is 6.07 Å². The fourth-order valence-electron chi connectivity index (χ4n) is 6.50. The summed E-state index contributed by atoms with van der Waals surface area (Å²) in [5.74, 6) is -7.58. The molecule has 3 aliphatic carbocycles. The first-order valence-corrected chi connectivity index (χ1v) is 13.2. The monoisotopic (exact) mass is 581 g/mol. The molecule has 1 saturated carbocycles. The van der Waals surface area contributed by atoms with Crippen LogP contribution in [0.25, 0.3) is 5.76 Å². The second-order valence-corrected chi connectivity index (χ2v) is 11.5. The van der Waals surface area contributed by atoms with Gasteiger partial charge in [0.05, 0.1) is 18.0 Å². The van der Waals surface area contributed by atoms with Gasteiger partial charge in [0.25, 0.3) is 5.91 Å². The predicted octanol–water partition coefficient (Wildman–Crippen LogP) is 2.13. The van der Waals surface area contributed by atoms with Crippen molar-refractivity contribution >= 4 is 23.2 Å². The summed E-state index contributed by atoms with van der Waals surface area (Å²) in [5.41, 5.74) is 2.74. The van der Waals surface area contributed by atoms with Gasteiger partial charge in [-0.15, -0.1) is 0 Å². The minimum Gasteiger partial charge on any atom is -0.508 e. The maximum atomic E-state index is 14.0. The number of carbonyl (C=O) groups excluding carboxylic acids is 3. The van der Waals surface area contributed by atoms with Crippen molar-refractivity contribution in [3.63, 3.8) is 0 Å². The van der Waals surface area contributed by atoms with Gasteiger partial charge in [0.2, 0.25) is 5.78 Å². The second-order valence-electron chi connectivity index (χ2n) is 11.5. The Hall–Kier alpha value is -3.42. The normalized spacial score (nSPS) is 26.4. The summed E-state index contributed by atoms with van der Waals surface area (Å²) in [7, 11) is 3.04. The molecule has 4 atom stereocenters. The molecule has 1 aromatic carbocycles. The van der Waals surface area contributed by atoms with Crippen molar-refractivity contribution in [2.45, 2.75) is 63.4 Å². The summed E-state index contributed by atoms with van der Waals surface area (Å²) >= 11 is 0. The maximum Gasteiger partial charge on any atom is 0.390 e. The Balaban J connectivity index is 1.87. The number of aromatic hydroxyl groups is 1. The molecule has 1 fully saturated rings. The number of phenols is 1. The van der Waals surface area contributed by atoms with Crippen LogP contribution in [0.1, 0.15) is 54.9 Å². The van der Waals surface area contributed by atoms with Crippen molar-refractivity contribution in [2.75, 3.05) is 20.6 Å². The molecule has 10 nitrogen and oxygen atoms in total. The molecule has 0 aliphatic heterocycles. The number of benzene rings is 1. The molecule has 0 saturated heterocycles. The highest BCUT2D eigenvalue weighted by Gasteiger charge is 2.64. The number of rotatable bonds is 7. The second kappa shape index (κ2) is 10.4. The molecule has 0 bridgehead atoms. The number of phenolic OH excluding ortho intramolecular Hbond substituents is 1. The summed E-state index contributed by atoms with van der Waals surface area (Å²) in [6.07, 6.45) is -5.35. The molecule has 1 aromatic rings. The van der Waals surface area contributed by atoms with Gasteiger partial charge in [-0.3, -0.25) is 19.3 Å². The number of amides is 1. The number of nitrogens with two attached hydrogens (primary N) is 1. The van der Waals surface area contributed by atoms with Gasteiger partial charge in [-0.25, -0.2) is 0 Å². The molecule has 0 radical (unpaired) electrons. The van der Waals surface area contributed by atoms with E-state index >= 15 is 0 Å². The first-order chi connectivity index (χ1) is 18.9. The molecule has 3 aliphatic rings. The third-order valence-electron chi connectivity index (χ3n) is 8.36. The number of nitrogens with zero attached hydrogens (tertiary/aromatic N) is 1. The van der Waals surface area contributed by atoms with Gasteiger partial charge in [0, 0.05) is 30.1 Å². The molecular weight excluding hydrogens is 547 g/mol. The number of hydrogen-bond acceptors (Lipinski definition) is 9. The molecule has 0 aromatic heterocycles. The van der Waals surface area contributed by atoms with Crippen molar-refractivity contribution in [1.82, 2.24) is 10.2 Å². The van der Waals surface area contributed by atoms with Crippen LogP contribution < -0.4 is 11.1 Å². The van der Waals surface area contributed by atoms with Gasteiger partial charge in [0.1, 0.15) is 22.8 Å². The van der Waals surface area contributed by atoms with E-state index in [-0.39, 0.29) is 42.0 Å². The van der Waals surface area contributed by atoms with Crippen LogP contribution in [0.4, 0.5) is 13.2 Å². The lowest BCUT2D eigenvalue weighted by molar-refractivity contribution is -0.153. The largest absolute Gasteiger partial charge is 0.508 e. The zero-order chi connectivity index (χ0) is 30.8. The number of likely N-dealkylation sites (N-methyl/N-ethyl adjacent to an activating group) is 1. The van der Waals surface area contributed by atoms with E-state index < -0.39 is 82.9 Å². The van der Waals surface area contributed by atoms with Crippen LogP contribution in [0.2, 0.25) is 0 Å². The first-order valence-electron chi connectivity index (χ1n) is 13.2. The van der Waals surface area contributed by atoms with E-state index in [0.717, 1.165) is 0 Å². The fraction of sp³-hybridized carbons (Fsp3) is 0.536. The molecule has 0 spiro atoms. The van der Waals surface area contributed by atoms with Gasteiger partial charge >= 0.3 is 6.18 Å². The summed E-state index contributed by atoms with van der Waals surface area (Å²) in [5, 5.41) is 47.9. The predicted molar refractivity (Wildman–Crippen MR) is 141 cm³/mol. The average molecular weight is 582 g/mol. The van der Waals surface area contributed by atoms with Gasteiger partial charge in [-0.1, -0.05) is 19.9 Å². The van der Waals surface area contributed by atoms with Crippen molar-refractivity contribution in [3.8, 4) is 5.75 Å². The molecule has 1 unspecified atom stereocenters. The number of fused-ring (bicyclic) bond motifs is 3. The maximum absolute atomic E-state index is 14.0. The van der Waals surface area contributed by atoms with Gasteiger partial charge < -0.3 is 31.5 Å². The van der Waals surface area contributed by atoms with Crippen molar-refractivity contribution in [2.24, 2.45) is 17.6 Å². The van der Waals surface area contributed by atoms with Crippen LogP contribution in [0.5, 0.6) is 5.75 Å². The van der Waals surface area contributed by atoms with Crippen LogP contribution in [-0.4, -0.2) is 81.3 Å². The zero-order valence-corrected chi connectivity index (χ0v) is 23.1. The molecule has 1 amide bonds. The van der Waals surface area contributed by atoms with Crippen molar-refractivity contribution < 1.29 is 48.0 Å². The summed E-state index contributed by atoms with van der Waals surface area (Å²) in [6, 6.07) is 0.467. The average Bonchev–Trinajstić information content (AvgIpc) is 2.83. The molecule has 4 rings (SSSR count). The van der Waals surface area contributed by atoms with E-state index in [1.165, 1.54) is 19.0 Å². The summed E-state index contributed by atoms with van der Waals surface area (Å²) in [6.45, 7) is 3.17. The van der Waals surface area contributed by atoms with E-state index in [1.807, 2.05) is 13.8 Å². The van der Waals surface area contributed by atoms with Crippen LogP contribution >= 0.6 is 0 Å². The quantitative estimate of drug-likeness (QED) is 0.208. The topological polar surface area (TPSA) is 173 Å². The number of primary amides is 1. The molecule has 224 valence electrons. The van der Waals surface area contributed by atoms with Crippen LogP contribution in [-0.2, 0) is 27.3 Å².